The van der Waals surface area contributed by atoms with E-state index < -0.39 is 0 Å². The van der Waals surface area contributed by atoms with Gasteiger partial charge in [0, 0.05) is 17.8 Å². The van der Waals surface area contributed by atoms with E-state index >= 15 is 0 Å². The van der Waals surface area contributed by atoms with Crippen LogP contribution in [0.3, 0.4) is 0 Å². The van der Waals surface area contributed by atoms with Crippen LogP contribution in [0.1, 0.15) is 51.5 Å². The molecule has 0 N–H and O–H groups in total. The molecule has 0 aromatic heterocycles. The number of esters is 1. The monoisotopic (exact) mass is 370 g/mol. The van der Waals surface area contributed by atoms with E-state index in [0.717, 1.165) is 38.7 Å². The highest BCUT2D eigenvalue weighted by molar-refractivity contribution is 5.72. The van der Waals surface area contributed by atoms with Crippen molar-refractivity contribution in [3.05, 3.63) is 35.9 Å². The van der Waals surface area contributed by atoms with Crippen molar-refractivity contribution in [1.82, 2.24) is 0 Å². The molecule has 4 fully saturated rings. The second-order valence-corrected chi connectivity index (χ2v) is 9.57. The molecule has 2 saturated heterocycles. The highest BCUT2D eigenvalue weighted by Crippen LogP contribution is 2.63. The SMILES string of the molecule is C[C@@]12CC[C@H]3O[C@H](Cc4ccccc4)OC[C@]3(C)C1CC[C@H]1OC(=O)C[C@H]12. The standard InChI is InChI=1S/C23H30O4/c1-22-11-10-19-23(2,18(22)9-8-17-16(22)13-20(24)26-17)14-25-21(27-19)12-15-6-4-3-5-7-15/h3-7,16-19,21H,8-14H2,1-2H3/t16-,17-,18?,19-,21-,22+,23-/m1/s1. The molecule has 2 aliphatic heterocycles. The summed E-state index contributed by atoms with van der Waals surface area (Å²) in [5.41, 5.74) is 1.43. The van der Waals surface area contributed by atoms with Gasteiger partial charge < -0.3 is 14.2 Å². The predicted molar refractivity (Wildman–Crippen MR) is 101 cm³/mol. The number of hydrogen-bond donors (Lipinski definition) is 0. The maximum atomic E-state index is 11.9. The van der Waals surface area contributed by atoms with E-state index in [2.05, 4.69) is 38.1 Å². The fraction of sp³-hybridized carbons (Fsp3) is 0.696. The first-order valence-electron chi connectivity index (χ1n) is 10.5. The summed E-state index contributed by atoms with van der Waals surface area (Å²) >= 11 is 0. The number of benzene rings is 1. The minimum Gasteiger partial charge on any atom is -0.462 e. The summed E-state index contributed by atoms with van der Waals surface area (Å²) in [6, 6.07) is 10.4. The van der Waals surface area contributed by atoms with Crippen molar-refractivity contribution in [3.8, 4) is 0 Å². The molecule has 4 heteroatoms. The molecular weight excluding hydrogens is 340 g/mol. The number of carbonyl (C=O) groups is 1. The van der Waals surface area contributed by atoms with Crippen molar-refractivity contribution >= 4 is 5.97 Å². The number of fused-ring (bicyclic) bond motifs is 5. The first kappa shape index (κ1) is 17.7. The van der Waals surface area contributed by atoms with Gasteiger partial charge in [0.15, 0.2) is 6.29 Å². The first-order valence-corrected chi connectivity index (χ1v) is 10.5. The van der Waals surface area contributed by atoms with Crippen LogP contribution in [0.15, 0.2) is 30.3 Å². The summed E-state index contributed by atoms with van der Waals surface area (Å²) < 4.78 is 18.4. The van der Waals surface area contributed by atoms with Crippen LogP contribution in [-0.2, 0) is 25.4 Å². The Morgan fingerprint density at radius 2 is 1.89 bits per heavy atom. The van der Waals surface area contributed by atoms with E-state index in [1.54, 1.807) is 0 Å². The molecule has 2 aliphatic carbocycles. The molecule has 2 heterocycles. The number of ether oxygens (including phenoxy) is 3. The third-order valence-corrected chi connectivity index (χ3v) is 8.12. The van der Waals surface area contributed by atoms with E-state index in [-0.39, 0.29) is 35.3 Å². The lowest BCUT2D eigenvalue weighted by Crippen LogP contribution is -2.62. The van der Waals surface area contributed by atoms with Crippen molar-refractivity contribution in [1.29, 1.82) is 0 Å². The largest absolute Gasteiger partial charge is 0.462 e. The molecule has 1 unspecified atom stereocenters. The lowest BCUT2D eigenvalue weighted by Gasteiger charge is -2.62. The van der Waals surface area contributed by atoms with E-state index in [1.165, 1.54) is 5.56 Å². The average molecular weight is 370 g/mol. The molecular formula is C23H30O4. The van der Waals surface area contributed by atoms with Crippen molar-refractivity contribution in [2.24, 2.45) is 22.7 Å². The third-order valence-electron chi connectivity index (χ3n) is 8.12. The van der Waals surface area contributed by atoms with Gasteiger partial charge in [-0.3, -0.25) is 4.79 Å². The van der Waals surface area contributed by atoms with Crippen molar-refractivity contribution in [3.63, 3.8) is 0 Å². The topological polar surface area (TPSA) is 44.8 Å². The minimum absolute atomic E-state index is 0.00165. The molecule has 1 aromatic rings. The van der Waals surface area contributed by atoms with Crippen LogP contribution in [0, 0.1) is 22.7 Å². The maximum absolute atomic E-state index is 11.9. The highest BCUT2D eigenvalue weighted by atomic mass is 16.7. The molecule has 0 spiro atoms. The minimum atomic E-state index is -0.150. The fourth-order valence-corrected chi connectivity index (χ4v) is 6.71. The molecule has 4 nitrogen and oxygen atoms in total. The molecule has 0 amide bonds. The van der Waals surface area contributed by atoms with Gasteiger partial charge in [0.05, 0.1) is 19.1 Å². The zero-order valence-electron chi connectivity index (χ0n) is 16.4. The Hall–Kier alpha value is -1.39. The van der Waals surface area contributed by atoms with Gasteiger partial charge in [0.2, 0.25) is 0 Å². The van der Waals surface area contributed by atoms with Crippen LogP contribution < -0.4 is 0 Å². The second-order valence-electron chi connectivity index (χ2n) is 9.57. The number of carbonyl (C=O) groups excluding carboxylic acids is 1. The smallest absolute Gasteiger partial charge is 0.306 e. The molecule has 0 bridgehead atoms. The lowest BCUT2D eigenvalue weighted by atomic mass is 9.46. The number of rotatable bonds is 2. The van der Waals surface area contributed by atoms with Gasteiger partial charge in [-0.05, 0) is 42.6 Å². The summed E-state index contributed by atoms with van der Waals surface area (Å²) in [6.07, 6.45) is 5.90. The molecule has 2 saturated carbocycles. The van der Waals surface area contributed by atoms with Crippen LogP contribution in [0.2, 0.25) is 0 Å². The second kappa shape index (κ2) is 6.31. The zero-order valence-corrected chi connectivity index (χ0v) is 16.4. The fourth-order valence-electron chi connectivity index (χ4n) is 6.71. The lowest BCUT2D eigenvalue weighted by molar-refractivity contribution is -0.306. The quantitative estimate of drug-likeness (QED) is 0.735. The van der Waals surface area contributed by atoms with Gasteiger partial charge in [-0.15, -0.1) is 0 Å². The predicted octanol–water partition coefficient (Wildman–Crippen LogP) is 4.12. The normalized spacial score (nSPS) is 46.1. The molecule has 0 radical (unpaired) electrons. The van der Waals surface area contributed by atoms with Gasteiger partial charge >= 0.3 is 5.97 Å². The first-order chi connectivity index (χ1) is 13.0. The summed E-state index contributed by atoms with van der Waals surface area (Å²) in [7, 11) is 0. The zero-order chi connectivity index (χ0) is 18.6. The summed E-state index contributed by atoms with van der Waals surface area (Å²) in [5, 5.41) is 0. The van der Waals surface area contributed by atoms with Crippen LogP contribution in [0.25, 0.3) is 0 Å². The van der Waals surface area contributed by atoms with Crippen molar-refractivity contribution < 1.29 is 19.0 Å². The Kier molecular flexibility index (Phi) is 4.14. The van der Waals surface area contributed by atoms with Crippen molar-refractivity contribution in [2.75, 3.05) is 6.61 Å². The average Bonchev–Trinajstić information content (AvgIpc) is 3.05. The van der Waals surface area contributed by atoms with E-state index in [0.29, 0.717) is 18.3 Å². The highest BCUT2D eigenvalue weighted by Gasteiger charge is 2.63. The van der Waals surface area contributed by atoms with E-state index in [4.69, 9.17) is 14.2 Å². The van der Waals surface area contributed by atoms with Gasteiger partial charge in [0.1, 0.15) is 6.10 Å². The third kappa shape index (κ3) is 2.75. The Labute approximate surface area is 161 Å². The summed E-state index contributed by atoms with van der Waals surface area (Å²) in [4.78, 5) is 11.9. The summed E-state index contributed by atoms with van der Waals surface area (Å²) in [5.74, 6) is 0.888. The van der Waals surface area contributed by atoms with Gasteiger partial charge in [0.25, 0.3) is 0 Å². The molecule has 27 heavy (non-hydrogen) atoms. The Bertz CT molecular complexity index is 718. The number of hydrogen-bond acceptors (Lipinski definition) is 4. The Balaban J connectivity index is 1.34. The summed E-state index contributed by atoms with van der Waals surface area (Å²) in [6.45, 7) is 5.51. The maximum Gasteiger partial charge on any atom is 0.306 e. The Morgan fingerprint density at radius 1 is 1.07 bits per heavy atom. The van der Waals surface area contributed by atoms with Crippen LogP contribution in [0.5, 0.6) is 0 Å². The van der Waals surface area contributed by atoms with Crippen LogP contribution in [0.4, 0.5) is 0 Å². The van der Waals surface area contributed by atoms with Crippen LogP contribution in [-0.4, -0.2) is 31.1 Å². The van der Waals surface area contributed by atoms with Gasteiger partial charge in [-0.2, -0.15) is 0 Å². The molecule has 146 valence electrons. The van der Waals surface area contributed by atoms with E-state index in [9.17, 15) is 4.79 Å². The molecule has 7 atom stereocenters. The Morgan fingerprint density at radius 3 is 2.70 bits per heavy atom. The van der Waals surface area contributed by atoms with E-state index in [1.807, 2.05) is 6.07 Å². The molecule has 5 rings (SSSR count). The van der Waals surface area contributed by atoms with Gasteiger partial charge in [-0.25, -0.2) is 0 Å². The molecule has 4 aliphatic rings. The van der Waals surface area contributed by atoms with Gasteiger partial charge in [-0.1, -0.05) is 44.2 Å². The van der Waals surface area contributed by atoms with Crippen LogP contribution >= 0.6 is 0 Å². The molecule has 1 aromatic carbocycles. The van der Waals surface area contributed by atoms with Crippen molar-refractivity contribution in [2.45, 2.75) is 70.9 Å².